The van der Waals surface area contributed by atoms with Gasteiger partial charge >= 0.3 is 0 Å². The van der Waals surface area contributed by atoms with Crippen molar-refractivity contribution in [2.45, 2.75) is 78.3 Å². The maximum absolute atomic E-state index is 6.75. The topological polar surface area (TPSA) is 43.8 Å². The third-order valence-electron chi connectivity index (χ3n) is 4.97. The van der Waals surface area contributed by atoms with Gasteiger partial charge in [0.15, 0.2) is 0 Å². The van der Waals surface area contributed by atoms with Crippen molar-refractivity contribution in [3.05, 3.63) is 17.5 Å². The first-order chi connectivity index (χ1) is 9.47. The molecule has 3 nitrogen and oxygen atoms in total. The van der Waals surface area contributed by atoms with E-state index in [4.69, 9.17) is 5.73 Å². The van der Waals surface area contributed by atoms with Gasteiger partial charge in [0.05, 0.1) is 5.69 Å². The number of hydrogen-bond acceptors (Lipinski definition) is 2. The van der Waals surface area contributed by atoms with Gasteiger partial charge in [-0.1, -0.05) is 33.6 Å². The van der Waals surface area contributed by atoms with E-state index in [1.165, 1.54) is 30.7 Å². The Morgan fingerprint density at radius 2 is 2.20 bits per heavy atom. The lowest BCUT2D eigenvalue weighted by molar-refractivity contribution is 0.180. The second-order valence-electron chi connectivity index (χ2n) is 6.94. The first kappa shape index (κ1) is 15.6. The van der Waals surface area contributed by atoms with Crippen molar-refractivity contribution < 1.29 is 0 Å². The zero-order valence-corrected chi connectivity index (χ0v) is 13.7. The molecule has 1 aromatic heterocycles. The fourth-order valence-corrected chi connectivity index (χ4v) is 3.64. The van der Waals surface area contributed by atoms with Crippen molar-refractivity contribution in [2.24, 2.45) is 17.6 Å². The zero-order valence-electron chi connectivity index (χ0n) is 13.7. The van der Waals surface area contributed by atoms with Gasteiger partial charge in [0.2, 0.25) is 0 Å². The van der Waals surface area contributed by atoms with Gasteiger partial charge in [0, 0.05) is 24.2 Å². The molecular weight excluding hydrogens is 246 g/mol. The predicted octanol–water partition coefficient (Wildman–Crippen LogP) is 3.55. The van der Waals surface area contributed by atoms with Gasteiger partial charge in [-0.3, -0.25) is 4.68 Å². The molecular formula is C17H31N3. The normalized spacial score (nSPS) is 27.2. The lowest BCUT2D eigenvalue weighted by Gasteiger charge is -2.39. The van der Waals surface area contributed by atoms with Crippen molar-refractivity contribution in [3.8, 4) is 0 Å². The standard InChI is InChI=1S/C17H31N3/c1-5-15-10-16(20(6-2)19-15)12-17(18)9-7-8-14(11-17)13(3)4/h10,13-14H,5-9,11-12,18H2,1-4H3. The van der Waals surface area contributed by atoms with E-state index >= 15 is 0 Å². The Labute approximate surface area is 123 Å². The predicted molar refractivity (Wildman–Crippen MR) is 84.7 cm³/mol. The van der Waals surface area contributed by atoms with E-state index in [0.717, 1.165) is 37.6 Å². The number of aromatic nitrogens is 2. The van der Waals surface area contributed by atoms with Crippen LogP contribution in [0, 0.1) is 11.8 Å². The van der Waals surface area contributed by atoms with Crippen molar-refractivity contribution in [1.29, 1.82) is 0 Å². The summed E-state index contributed by atoms with van der Waals surface area (Å²) >= 11 is 0. The molecule has 3 heteroatoms. The van der Waals surface area contributed by atoms with Crippen molar-refractivity contribution in [1.82, 2.24) is 9.78 Å². The Morgan fingerprint density at radius 3 is 2.80 bits per heavy atom. The third-order valence-corrected chi connectivity index (χ3v) is 4.97. The SMILES string of the molecule is CCc1cc(CC2(N)CCCC(C(C)C)C2)n(CC)n1. The largest absolute Gasteiger partial charge is 0.325 e. The minimum absolute atomic E-state index is 0.0227. The second-order valence-corrected chi connectivity index (χ2v) is 6.94. The summed E-state index contributed by atoms with van der Waals surface area (Å²) in [6.45, 7) is 9.94. The number of hydrogen-bond donors (Lipinski definition) is 1. The van der Waals surface area contributed by atoms with E-state index in [9.17, 15) is 0 Å². The molecule has 0 aliphatic heterocycles. The summed E-state index contributed by atoms with van der Waals surface area (Å²) in [5.74, 6) is 1.54. The minimum atomic E-state index is -0.0227. The van der Waals surface area contributed by atoms with E-state index in [1.807, 2.05) is 0 Å². The summed E-state index contributed by atoms with van der Waals surface area (Å²) in [4.78, 5) is 0. The second kappa shape index (κ2) is 6.30. The molecule has 0 bridgehead atoms. The molecule has 2 atom stereocenters. The Morgan fingerprint density at radius 1 is 1.45 bits per heavy atom. The Hall–Kier alpha value is -0.830. The first-order valence-corrected chi connectivity index (χ1v) is 8.32. The van der Waals surface area contributed by atoms with Gasteiger partial charge < -0.3 is 5.73 Å². The van der Waals surface area contributed by atoms with Crippen LogP contribution in [0.5, 0.6) is 0 Å². The number of rotatable bonds is 5. The molecule has 1 aliphatic rings. The van der Waals surface area contributed by atoms with Crippen LogP contribution in [0.3, 0.4) is 0 Å². The van der Waals surface area contributed by atoms with Gasteiger partial charge in [0.25, 0.3) is 0 Å². The summed E-state index contributed by atoms with van der Waals surface area (Å²) in [7, 11) is 0. The quantitative estimate of drug-likeness (QED) is 0.894. The molecule has 0 radical (unpaired) electrons. The van der Waals surface area contributed by atoms with Crippen LogP contribution in [-0.4, -0.2) is 15.3 Å². The van der Waals surface area contributed by atoms with Gasteiger partial charge in [-0.15, -0.1) is 0 Å². The van der Waals surface area contributed by atoms with E-state index in [2.05, 4.69) is 43.5 Å². The lowest BCUT2D eigenvalue weighted by atomic mass is 9.70. The third kappa shape index (κ3) is 3.43. The van der Waals surface area contributed by atoms with Gasteiger partial charge in [0.1, 0.15) is 0 Å². The summed E-state index contributed by atoms with van der Waals surface area (Å²) < 4.78 is 2.15. The highest BCUT2D eigenvalue weighted by atomic mass is 15.3. The smallest absolute Gasteiger partial charge is 0.0624 e. The zero-order chi connectivity index (χ0) is 14.8. The van der Waals surface area contributed by atoms with Gasteiger partial charge in [-0.05, 0) is 44.1 Å². The average Bonchev–Trinajstić information content (AvgIpc) is 2.80. The first-order valence-electron chi connectivity index (χ1n) is 8.32. The molecule has 1 aromatic rings. The molecule has 0 saturated heterocycles. The van der Waals surface area contributed by atoms with E-state index < -0.39 is 0 Å². The fourth-order valence-electron chi connectivity index (χ4n) is 3.64. The Balaban J connectivity index is 2.13. The van der Waals surface area contributed by atoms with Gasteiger partial charge in [-0.2, -0.15) is 5.10 Å². The molecule has 20 heavy (non-hydrogen) atoms. The van der Waals surface area contributed by atoms with Crippen LogP contribution in [0.4, 0.5) is 0 Å². The van der Waals surface area contributed by atoms with Crippen LogP contribution in [-0.2, 0) is 19.4 Å². The van der Waals surface area contributed by atoms with E-state index in [1.54, 1.807) is 0 Å². The maximum atomic E-state index is 6.75. The van der Waals surface area contributed by atoms with Crippen LogP contribution >= 0.6 is 0 Å². The van der Waals surface area contributed by atoms with Crippen LogP contribution in [0.25, 0.3) is 0 Å². The minimum Gasteiger partial charge on any atom is -0.325 e. The summed E-state index contributed by atoms with van der Waals surface area (Å²) in [5, 5.41) is 4.66. The monoisotopic (exact) mass is 277 g/mol. The highest BCUT2D eigenvalue weighted by Gasteiger charge is 2.34. The molecule has 0 spiro atoms. The Kier molecular flexibility index (Phi) is 4.90. The highest BCUT2D eigenvalue weighted by Crippen LogP contribution is 2.36. The summed E-state index contributed by atoms with van der Waals surface area (Å²) in [6, 6.07) is 2.26. The van der Waals surface area contributed by atoms with Gasteiger partial charge in [-0.25, -0.2) is 0 Å². The fraction of sp³-hybridized carbons (Fsp3) is 0.824. The van der Waals surface area contributed by atoms with Crippen molar-refractivity contribution in [2.75, 3.05) is 0 Å². The Bertz CT molecular complexity index is 435. The molecule has 1 fully saturated rings. The molecule has 1 saturated carbocycles. The van der Waals surface area contributed by atoms with Crippen LogP contribution in [0.1, 0.15) is 64.8 Å². The van der Waals surface area contributed by atoms with Crippen LogP contribution in [0.2, 0.25) is 0 Å². The molecule has 2 unspecified atom stereocenters. The molecule has 2 rings (SSSR count). The van der Waals surface area contributed by atoms with Crippen molar-refractivity contribution >= 4 is 0 Å². The highest BCUT2D eigenvalue weighted by molar-refractivity contribution is 5.14. The summed E-state index contributed by atoms with van der Waals surface area (Å²) in [5.41, 5.74) is 9.26. The van der Waals surface area contributed by atoms with Crippen LogP contribution < -0.4 is 5.73 Å². The number of nitrogens with zero attached hydrogens (tertiary/aromatic N) is 2. The van der Waals surface area contributed by atoms with Crippen LogP contribution in [0.15, 0.2) is 6.07 Å². The number of aryl methyl sites for hydroxylation is 2. The van der Waals surface area contributed by atoms with E-state index in [-0.39, 0.29) is 5.54 Å². The van der Waals surface area contributed by atoms with Crippen molar-refractivity contribution in [3.63, 3.8) is 0 Å². The average molecular weight is 277 g/mol. The molecule has 0 amide bonds. The molecule has 0 aromatic carbocycles. The molecule has 2 N–H and O–H groups in total. The molecule has 1 heterocycles. The lowest BCUT2D eigenvalue weighted by Crippen LogP contribution is -2.47. The van der Waals surface area contributed by atoms with E-state index in [0.29, 0.717) is 0 Å². The molecule has 114 valence electrons. The molecule has 1 aliphatic carbocycles. The summed E-state index contributed by atoms with van der Waals surface area (Å²) in [6.07, 6.45) is 6.95. The number of nitrogens with two attached hydrogens (primary N) is 1. The maximum Gasteiger partial charge on any atom is 0.0624 e.